The molecule has 1 nitrogen and oxygen atoms in total. The molecule has 0 radical (unpaired) electrons. The highest BCUT2D eigenvalue weighted by Gasteiger charge is 2.19. The van der Waals surface area contributed by atoms with E-state index in [9.17, 15) is 0 Å². The van der Waals surface area contributed by atoms with Crippen molar-refractivity contribution in [2.75, 3.05) is 6.61 Å². The fraction of sp³-hybridized carbons (Fsp3) is 0.467. The zero-order chi connectivity index (χ0) is 12.4. The minimum Gasteiger partial charge on any atom is -0.378 e. The molecule has 3 rings (SSSR count). The van der Waals surface area contributed by atoms with Gasteiger partial charge in [0.1, 0.15) is 0 Å². The van der Waals surface area contributed by atoms with E-state index in [1.54, 1.807) is 11.3 Å². The van der Waals surface area contributed by atoms with E-state index in [-0.39, 0.29) is 5.38 Å². The fourth-order valence-corrected chi connectivity index (χ4v) is 4.00. The summed E-state index contributed by atoms with van der Waals surface area (Å²) in [6.45, 7) is 0.930. The predicted octanol–water partition coefficient (Wildman–Crippen LogP) is 5.14. The van der Waals surface area contributed by atoms with E-state index in [0.29, 0.717) is 6.10 Å². The number of hydrogen-bond acceptors (Lipinski definition) is 2. The van der Waals surface area contributed by atoms with Crippen molar-refractivity contribution in [2.45, 2.75) is 37.2 Å². The molecule has 2 unspecified atom stereocenters. The SMILES string of the molecule is ClC(CCC1CCCO1)c1csc2ccccc12. The van der Waals surface area contributed by atoms with Crippen molar-refractivity contribution in [3.63, 3.8) is 0 Å². The Labute approximate surface area is 117 Å². The van der Waals surface area contributed by atoms with Crippen molar-refractivity contribution in [1.29, 1.82) is 0 Å². The van der Waals surface area contributed by atoms with Crippen molar-refractivity contribution in [1.82, 2.24) is 0 Å². The number of benzene rings is 1. The van der Waals surface area contributed by atoms with E-state index in [4.69, 9.17) is 16.3 Å². The smallest absolute Gasteiger partial charge is 0.0600 e. The van der Waals surface area contributed by atoms with Crippen LogP contribution in [0.1, 0.15) is 36.6 Å². The van der Waals surface area contributed by atoms with Gasteiger partial charge in [-0.3, -0.25) is 0 Å². The summed E-state index contributed by atoms with van der Waals surface area (Å²) in [6.07, 6.45) is 4.94. The Morgan fingerprint density at radius 2 is 2.28 bits per heavy atom. The van der Waals surface area contributed by atoms with Gasteiger partial charge in [0.15, 0.2) is 0 Å². The first-order valence-electron chi connectivity index (χ1n) is 6.56. The second-order valence-electron chi connectivity index (χ2n) is 4.87. The quantitative estimate of drug-likeness (QED) is 0.705. The van der Waals surface area contributed by atoms with Crippen LogP contribution in [-0.2, 0) is 4.74 Å². The summed E-state index contributed by atoms with van der Waals surface area (Å²) >= 11 is 8.34. The molecule has 1 aromatic heterocycles. The molecule has 1 fully saturated rings. The molecule has 3 heteroatoms. The molecule has 2 atom stereocenters. The van der Waals surface area contributed by atoms with Crippen LogP contribution in [0, 0.1) is 0 Å². The zero-order valence-corrected chi connectivity index (χ0v) is 11.8. The molecular weight excluding hydrogens is 264 g/mol. The Balaban J connectivity index is 1.69. The lowest BCUT2D eigenvalue weighted by Gasteiger charge is -2.12. The molecule has 1 aliphatic heterocycles. The third-order valence-corrected chi connectivity index (χ3v) is 5.05. The van der Waals surface area contributed by atoms with E-state index in [0.717, 1.165) is 19.4 Å². The molecule has 1 saturated heterocycles. The van der Waals surface area contributed by atoms with Gasteiger partial charge in [0.05, 0.1) is 11.5 Å². The minimum absolute atomic E-state index is 0.116. The van der Waals surface area contributed by atoms with E-state index in [1.165, 1.54) is 28.5 Å². The summed E-state index contributed by atoms with van der Waals surface area (Å²) in [5.41, 5.74) is 1.29. The van der Waals surface area contributed by atoms with Crippen LogP contribution in [0.4, 0.5) is 0 Å². The van der Waals surface area contributed by atoms with Crippen molar-refractivity contribution in [3.8, 4) is 0 Å². The average molecular weight is 281 g/mol. The summed E-state index contributed by atoms with van der Waals surface area (Å²) < 4.78 is 6.98. The van der Waals surface area contributed by atoms with Gasteiger partial charge in [-0.05, 0) is 48.1 Å². The predicted molar refractivity (Wildman–Crippen MR) is 78.6 cm³/mol. The third-order valence-electron chi connectivity index (χ3n) is 3.61. The number of alkyl halides is 1. The number of thiophene rings is 1. The Bertz CT molecular complexity index is 516. The summed E-state index contributed by atoms with van der Waals surface area (Å²) in [5.74, 6) is 0. The van der Waals surface area contributed by atoms with Crippen LogP contribution >= 0.6 is 22.9 Å². The van der Waals surface area contributed by atoms with Crippen LogP contribution in [0.15, 0.2) is 29.6 Å². The number of ether oxygens (including phenoxy) is 1. The monoisotopic (exact) mass is 280 g/mol. The largest absolute Gasteiger partial charge is 0.378 e. The number of halogens is 1. The van der Waals surface area contributed by atoms with Gasteiger partial charge < -0.3 is 4.74 Å². The van der Waals surface area contributed by atoms with Crippen LogP contribution in [0.3, 0.4) is 0 Å². The average Bonchev–Trinajstić information content (AvgIpc) is 3.05. The molecule has 96 valence electrons. The van der Waals surface area contributed by atoms with Crippen LogP contribution in [0.2, 0.25) is 0 Å². The van der Waals surface area contributed by atoms with Crippen molar-refractivity contribution >= 4 is 33.0 Å². The molecule has 0 bridgehead atoms. The Morgan fingerprint density at radius 1 is 1.39 bits per heavy atom. The highest BCUT2D eigenvalue weighted by molar-refractivity contribution is 7.17. The lowest BCUT2D eigenvalue weighted by Crippen LogP contribution is -2.05. The Morgan fingerprint density at radius 3 is 3.11 bits per heavy atom. The Kier molecular flexibility index (Phi) is 3.88. The van der Waals surface area contributed by atoms with Crippen LogP contribution in [-0.4, -0.2) is 12.7 Å². The maximum Gasteiger partial charge on any atom is 0.0600 e. The van der Waals surface area contributed by atoms with Crippen LogP contribution in [0.25, 0.3) is 10.1 Å². The van der Waals surface area contributed by atoms with Gasteiger partial charge in [-0.15, -0.1) is 22.9 Å². The lowest BCUT2D eigenvalue weighted by molar-refractivity contribution is 0.102. The highest BCUT2D eigenvalue weighted by Crippen LogP contribution is 2.36. The van der Waals surface area contributed by atoms with Crippen LogP contribution in [0.5, 0.6) is 0 Å². The highest BCUT2D eigenvalue weighted by atomic mass is 35.5. The fourth-order valence-electron chi connectivity index (χ4n) is 2.60. The molecular formula is C15H17ClOS. The maximum atomic E-state index is 6.56. The lowest BCUT2D eigenvalue weighted by atomic mass is 10.0. The molecule has 0 N–H and O–H groups in total. The molecule has 2 heterocycles. The summed E-state index contributed by atoms with van der Waals surface area (Å²) in [6, 6.07) is 8.50. The molecule has 2 aromatic rings. The van der Waals surface area contributed by atoms with E-state index in [1.807, 2.05) is 0 Å². The molecule has 1 aliphatic rings. The molecule has 0 spiro atoms. The number of fused-ring (bicyclic) bond motifs is 1. The summed E-state index contributed by atoms with van der Waals surface area (Å²) in [5, 5.41) is 3.64. The minimum atomic E-state index is 0.116. The topological polar surface area (TPSA) is 9.23 Å². The van der Waals surface area contributed by atoms with Gasteiger partial charge in [0.25, 0.3) is 0 Å². The van der Waals surface area contributed by atoms with Gasteiger partial charge >= 0.3 is 0 Å². The van der Waals surface area contributed by atoms with Crippen molar-refractivity contribution in [3.05, 3.63) is 35.2 Å². The van der Waals surface area contributed by atoms with Gasteiger partial charge in [0, 0.05) is 11.3 Å². The van der Waals surface area contributed by atoms with E-state index < -0.39 is 0 Å². The molecule has 0 aliphatic carbocycles. The Hall–Kier alpha value is -0.570. The standard InChI is InChI=1S/C15H17ClOS/c16-14(8-7-11-4-3-9-17-11)13-10-18-15-6-2-1-5-12(13)15/h1-2,5-6,10-11,14H,3-4,7-9H2. The first kappa shape index (κ1) is 12.5. The second kappa shape index (κ2) is 5.60. The summed E-state index contributed by atoms with van der Waals surface area (Å²) in [7, 11) is 0. The van der Waals surface area contributed by atoms with Gasteiger partial charge in [-0.1, -0.05) is 18.2 Å². The first-order valence-corrected chi connectivity index (χ1v) is 7.88. The van der Waals surface area contributed by atoms with E-state index >= 15 is 0 Å². The molecule has 0 saturated carbocycles. The van der Waals surface area contributed by atoms with Crippen molar-refractivity contribution < 1.29 is 4.74 Å². The van der Waals surface area contributed by atoms with E-state index in [2.05, 4.69) is 29.6 Å². The van der Waals surface area contributed by atoms with Crippen molar-refractivity contribution in [2.24, 2.45) is 0 Å². The summed E-state index contributed by atoms with van der Waals surface area (Å²) in [4.78, 5) is 0. The third kappa shape index (κ3) is 2.56. The van der Waals surface area contributed by atoms with Gasteiger partial charge in [-0.2, -0.15) is 0 Å². The zero-order valence-electron chi connectivity index (χ0n) is 10.3. The first-order chi connectivity index (χ1) is 8.84. The normalized spacial score (nSPS) is 21.5. The maximum absolute atomic E-state index is 6.56. The van der Waals surface area contributed by atoms with Crippen LogP contribution < -0.4 is 0 Å². The number of hydrogen-bond donors (Lipinski definition) is 0. The second-order valence-corrected chi connectivity index (χ2v) is 6.31. The number of rotatable bonds is 4. The van der Waals surface area contributed by atoms with Gasteiger partial charge in [-0.25, -0.2) is 0 Å². The molecule has 18 heavy (non-hydrogen) atoms. The molecule has 0 amide bonds. The molecule has 1 aromatic carbocycles. The van der Waals surface area contributed by atoms with Gasteiger partial charge in [0.2, 0.25) is 0 Å².